The molecule has 0 aromatic carbocycles. The van der Waals surface area contributed by atoms with Gasteiger partial charge in [-0.1, -0.05) is 0 Å². The molecule has 28 heavy (non-hydrogen) atoms. The Morgan fingerprint density at radius 1 is 1.29 bits per heavy atom. The molecule has 0 radical (unpaired) electrons. The zero-order valence-electron chi connectivity index (χ0n) is 16.2. The molecular weight excluding hydrogens is 358 g/mol. The van der Waals surface area contributed by atoms with Crippen molar-refractivity contribution in [3.05, 3.63) is 41.9 Å². The number of carbonyl (C=O) groups is 2. The molecule has 4 heterocycles. The normalized spacial score (nSPS) is 21.7. The van der Waals surface area contributed by atoms with E-state index >= 15 is 0 Å². The summed E-state index contributed by atoms with van der Waals surface area (Å²) in [6.45, 7) is 5.16. The maximum atomic E-state index is 12.9. The van der Waals surface area contributed by atoms with Crippen molar-refractivity contribution in [2.24, 2.45) is 0 Å². The van der Waals surface area contributed by atoms with Gasteiger partial charge in [0.1, 0.15) is 17.3 Å². The number of carbonyl (C=O) groups excluding carboxylic acids is 2. The fourth-order valence-electron chi connectivity index (χ4n) is 4.14. The molecular formula is C20H27N5O3. The van der Waals surface area contributed by atoms with Gasteiger partial charge in [-0.25, -0.2) is 4.98 Å². The van der Waals surface area contributed by atoms with Gasteiger partial charge < -0.3 is 19.6 Å². The second-order valence-corrected chi connectivity index (χ2v) is 7.62. The van der Waals surface area contributed by atoms with E-state index in [0.717, 1.165) is 30.2 Å². The average molecular weight is 385 g/mol. The molecule has 2 N–H and O–H groups in total. The van der Waals surface area contributed by atoms with E-state index in [0.29, 0.717) is 38.6 Å². The van der Waals surface area contributed by atoms with E-state index < -0.39 is 6.04 Å². The number of hydrogen-bond donors (Lipinski definition) is 2. The van der Waals surface area contributed by atoms with Gasteiger partial charge in [-0.15, -0.1) is 0 Å². The molecule has 2 saturated heterocycles. The quantitative estimate of drug-likeness (QED) is 0.812. The van der Waals surface area contributed by atoms with E-state index in [-0.39, 0.29) is 18.2 Å². The van der Waals surface area contributed by atoms with Gasteiger partial charge in [0.2, 0.25) is 11.8 Å². The number of likely N-dealkylation sites (tertiary alicyclic amines) is 1. The molecule has 0 bridgehead atoms. The maximum absolute atomic E-state index is 12.9. The Bertz CT molecular complexity index is 808. The van der Waals surface area contributed by atoms with E-state index in [1.807, 2.05) is 35.1 Å². The summed E-state index contributed by atoms with van der Waals surface area (Å²) >= 11 is 0. The van der Waals surface area contributed by atoms with Crippen LogP contribution in [-0.4, -0.2) is 63.8 Å². The van der Waals surface area contributed by atoms with Crippen LogP contribution < -0.4 is 5.32 Å². The number of aromatic nitrogens is 2. The van der Waals surface area contributed by atoms with Crippen molar-refractivity contribution in [1.82, 2.24) is 25.1 Å². The van der Waals surface area contributed by atoms with Crippen molar-refractivity contribution < 1.29 is 14.0 Å². The Morgan fingerprint density at radius 2 is 2.11 bits per heavy atom. The Morgan fingerprint density at radius 3 is 2.79 bits per heavy atom. The van der Waals surface area contributed by atoms with Crippen LogP contribution in [0, 0.1) is 6.92 Å². The number of rotatable bonds is 5. The summed E-state index contributed by atoms with van der Waals surface area (Å²) in [6, 6.07) is 3.40. The van der Waals surface area contributed by atoms with E-state index in [2.05, 4.69) is 15.3 Å². The predicted molar refractivity (Wildman–Crippen MR) is 102 cm³/mol. The SMILES string of the molecule is Cc1ccc(CN2CCNC(=O)C2CC(=O)N2CCC(c3ncc[nH]3)CC2)o1. The minimum absolute atomic E-state index is 0.0422. The van der Waals surface area contributed by atoms with Crippen LogP contribution in [0.3, 0.4) is 0 Å². The predicted octanol–water partition coefficient (Wildman–Crippen LogP) is 1.41. The first-order valence-electron chi connectivity index (χ1n) is 9.94. The van der Waals surface area contributed by atoms with Crippen molar-refractivity contribution in [2.75, 3.05) is 26.2 Å². The first-order valence-corrected chi connectivity index (χ1v) is 9.94. The van der Waals surface area contributed by atoms with Crippen LogP contribution in [0.15, 0.2) is 28.9 Å². The molecule has 150 valence electrons. The summed E-state index contributed by atoms with van der Waals surface area (Å²) in [7, 11) is 0. The topological polar surface area (TPSA) is 94.5 Å². The first kappa shape index (κ1) is 18.7. The van der Waals surface area contributed by atoms with Crippen LogP contribution in [0.5, 0.6) is 0 Å². The molecule has 1 atom stereocenters. The molecule has 8 nitrogen and oxygen atoms in total. The maximum Gasteiger partial charge on any atom is 0.237 e. The number of furan rings is 1. The van der Waals surface area contributed by atoms with E-state index in [4.69, 9.17) is 4.42 Å². The molecule has 0 aliphatic carbocycles. The lowest BCUT2D eigenvalue weighted by Gasteiger charge is -2.36. The molecule has 2 amide bonds. The van der Waals surface area contributed by atoms with Gasteiger partial charge in [0.15, 0.2) is 0 Å². The number of nitrogens with one attached hydrogen (secondary N) is 2. The van der Waals surface area contributed by atoms with Gasteiger partial charge in [-0.3, -0.25) is 14.5 Å². The molecule has 8 heteroatoms. The van der Waals surface area contributed by atoms with Crippen molar-refractivity contribution in [3.63, 3.8) is 0 Å². The summed E-state index contributed by atoms with van der Waals surface area (Å²) in [6.07, 6.45) is 5.60. The van der Waals surface area contributed by atoms with Gasteiger partial charge >= 0.3 is 0 Å². The largest absolute Gasteiger partial charge is 0.465 e. The molecule has 2 aliphatic rings. The van der Waals surface area contributed by atoms with Gasteiger partial charge in [0, 0.05) is 44.5 Å². The van der Waals surface area contributed by atoms with E-state index in [1.54, 1.807) is 6.20 Å². The van der Waals surface area contributed by atoms with Gasteiger partial charge in [-0.05, 0) is 31.9 Å². The fourth-order valence-corrected chi connectivity index (χ4v) is 4.14. The highest BCUT2D eigenvalue weighted by Crippen LogP contribution is 2.26. The molecule has 4 rings (SSSR count). The first-order chi connectivity index (χ1) is 13.6. The lowest BCUT2D eigenvalue weighted by Crippen LogP contribution is -2.56. The van der Waals surface area contributed by atoms with E-state index in [1.165, 1.54) is 0 Å². The molecule has 1 unspecified atom stereocenters. The highest BCUT2D eigenvalue weighted by atomic mass is 16.3. The molecule has 2 fully saturated rings. The summed E-state index contributed by atoms with van der Waals surface area (Å²) in [5.41, 5.74) is 0. The van der Waals surface area contributed by atoms with Gasteiger partial charge in [0.05, 0.1) is 19.0 Å². The monoisotopic (exact) mass is 385 g/mol. The lowest BCUT2D eigenvalue weighted by molar-refractivity contribution is -0.139. The zero-order chi connectivity index (χ0) is 19.5. The second kappa shape index (κ2) is 8.18. The number of aromatic amines is 1. The standard InChI is InChI=1S/C20H27N5O3/c1-14-2-3-16(28-14)13-25-11-8-23-20(27)17(25)12-18(26)24-9-4-15(5-10-24)19-21-6-7-22-19/h2-3,6-7,15,17H,4-5,8-13H2,1H3,(H,21,22)(H,23,27). The Balaban J connectivity index is 1.35. The smallest absolute Gasteiger partial charge is 0.237 e. The highest BCUT2D eigenvalue weighted by molar-refractivity contribution is 5.88. The molecule has 0 saturated carbocycles. The number of hydrogen-bond acceptors (Lipinski definition) is 5. The van der Waals surface area contributed by atoms with Crippen molar-refractivity contribution in [2.45, 2.75) is 44.7 Å². The average Bonchev–Trinajstić information content (AvgIpc) is 3.36. The second-order valence-electron chi connectivity index (χ2n) is 7.62. The molecule has 2 aliphatic heterocycles. The number of piperazine rings is 1. The fraction of sp³-hybridized carbons (Fsp3) is 0.550. The van der Waals surface area contributed by atoms with Crippen LogP contribution in [0.1, 0.15) is 42.5 Å². The zero-order valence-corrected chi connectivity index (χ0v) is 16.2. The summed E-state index contributed by atoms with van der Waals surface area (Å²) in [5, 5.41) is 2.89. The Hall–Kier alpha value is -2.61. The molecule has 0 spiro atoms. The van der Waals surface area contributed by atoms with Crippen LogP contribution >= 0.6 is 0 Å². The number of imidazole rings is 1. The van der Waals surface area contributed by atoms with Crippen LogP contribution in [0.4, 0.5) is 0 Å². The van der Waals surface area contributed by atoms with Crippen molar-refractivity contribution in [1.29, 1.82) is 0 Å². The Kier molecular flexibility index (Phi) is 5.47. The van der Waals surface area contributed by atoms with Crippen molar-refractivity contribution in [3.8, 4) is 0 Å². The molecule has 2 aromatic rings. The highest BCUT2D eigenvalue weighted by Gasteiger charge is 2.34. The number of nitrogens with zero attached hydrogens (tertiary/aromatic N) is 3. The number of aryl methyl sites for hydroxylation is 1. The third-order valence-corrected chi connectivity index (χ3v) is 5.72. The third-order valence-electron chi connectivity index (χ3n) is 5.72. The summed E-state index contributed by atoms with van der Waals surface area (Å²) < 4.78 is 5.66. The van der Waals surface area contributed by atoms with Gasteiger partial charge in [-0.2, -0.15) is 0 Å². The summed E-state index contributed by atoms with van der Waals surface area (Å²) in [4.78, 5) is 36.8. The number of amides is 2. The van der Waals surface area contributed by atoms with Crippen LogP contribution in [-0.2, 0) is 16.1 Å². The minimum Gasteiger partial charge on any atom is -0.465 e. The molecule has 2 aromatic heterocycles. The van der Waals surface area contributed by atoms with Crippen LogP contribution in [0.2, 0.25) is 0 Å². The Labute approximate surface area is 164 Å². The third kappa shape index (κ3) is 4.11. The number of H-pyrrole nitrogens is 1. The summed E-state index contributed by atoms with van der Waals surface area (Å²) in [5.74, 6) is 3.01. The van der Waals surface area contributed by atoms with Crippen LogP contribution in [0.25, 0.3) is 0 Å². The minimum atomic E-state index is -0.450. The number of piperidine rings is 1. The lowest BCUT2D eigenvalue weighted by atomic mass is 9.95. The van der Waals surface area contributed by atoms with Crippen molar-refractivity contribution >= 4 is 11.8 Å². The van der Waals surface area contributed by atoms with E-state index in [9.17, 15) is 9.59 Å². The van der Waals surface area contributed by atoms with Gasteiger partial charge in [0.25, 0.3) is 0 Å².